The van der Waals surface area contributed by atoms with Gasteiger partial charge in [0.05, 0.1) is 36.1 Å². The molecule has 3 saturated heterocycles. The van der Waals surface area contributed by atoms with Crippen molar-refractivity contribution in [2.24, 2.45) is 0 Å². The van der Waals surface area contributed by atoms with Crippen LogP contribution in [0.15, 0.2) is 54.6 Å². The summed E-state index contributed by atoms with van der Waals surface area (Å²) in [5.41, 5.74) is -1.29. The molecule has 19 heteroatoms. The number of thiocarbonyl (C=S) groups is 1. The normalized spacial score (nSPS) is 18.8. The lowest BCUT2D eigenvalue weighted by molar-refractivity contribution is -0.138. The van der Waals surface area contributed by atoms with Crippen molar-refractivity contribution >= 4 is 75.3 Å². The summed E-state index contributed by atoms with van der Waals surface area (Å²) in [6, 6.07) is 13.8. The summed E-state index contributed by atoms with van der Waals surface area (Å²) in [5.74, 6) is -1.12. The smallest absolute Gasteiger partial charge is 0.417 e. The Morgan fingerprint density at radius 1 is 1.02 bits per heavy atom. The lowest BCUT2D eigenvalue weighted by Gasteiger charge is -2.34. The van der Waals surface area contributed by atoms with Gasteiger partial charge in [-0.15, -0.1) is 0 Å². The molecule has 6 rings (SSSR count). The van der Waals surface area contributed by atoms with E-state index in [1.165, 1.54) is 17.0 Å². The predicted molar refractivity (Wildman–Crippen MR) is 217 cm³/mol. The van der Waals surface area contributed by atoms with Crippen LogP contribution < -0.4 is 30.5 Å². The number of ether oxygens (including phenoxy) is 1. The molecular formula is C40H41ClF4N8O5S. The van der Waals surface area contributed by atoms with E-state index >= 15 is 0 Å². The molecule has 3 heterocycles. The number of aryl methyl sites for hydroxylation is 1. The predicted octanol–water partition coefficient (Wildman–Crippen LogP) is 5.51. The lowest BCUT2D eigenvalue weighted by Crippen LogP contribution is -2.49. The maximum absolute atomic E-state index is 13.8. The molecular weight excluding hydrogens is 816 g/mol. The molecule has 3 N–H and O–H groups in total. The van der Waals surface area contributed by atoms with Crippen molar-refractivity contribution in [3.8, 4) is 11.8 Å². The molecule has 59 heavy (non-hydrogen) atoms. The fourth-order valence-corrected chi connectivity index (χ4v) is 8.00. The minimum absolute atomic E-state index is 0.0000162. The van der Waals surface area contributed by atoms with Gasteiger partial charge in [0.15, 0.2) is 5.11 Å². The fourth-order valence-electron chi connectivity index (χ4n) is 7.24. The number of hydrogen-bond acceptors (Lipinski definition) is 10. The topological polar surface area (TPSA) is 150 Å². The van der Waals surface area contributed by atoms with Crippen molar-refractivity contribution in [1.29, 1.82) is 5.26 Å². The van der Waals surface area contributed by atoms with Crippen LogP contribution in [-0.4, -0.2) is 103 Å². The first kappa shape index (κ1) is 43.2. The lowest BCUT2D eigenvalue weighted by atomic mass is 10.0. The number of piperazine rings is 1. The number of carbonyl (C=O) groups excluding carboxylic acids is 4. The molecule has 3 aliphatic heterocycles. The Bertz CT molecular complexity index is 2190. The van der Waals surface area contributed by atoms with Crippen molar-refractivity contribution in [2.75, 3.05) is 73.0 Å². The average Bonchev–Trinajstić information content (AvgIpc) is 3.35. The minimum atomic E-state index is -4.84. The van der Waals surface area contributed by atoms with Gasteiger partial charge in [0.1, 0.15) is 23.9 Å². The van der Waals surface area contributed by atoms with Crippen LogP contribution in [-0.2, 0) is 31.8 Å². The van der Waals surface area contributed by atoms with Crippen LogP contribution in [0.25, 0.3) is 0 Å². The third-order valence-corrected chi connectivity index (χ3v) is 10.9. The van der Waals surface area contributed by atoms with Gasteiger partial charge in [0, 0.05) is 67.7 Å². The molecule has 3 aliphatic rings. The zero-order valence-corrected chi connectivity index (χ0v) is 33.7. The summed E-state index contributed by atoms with van der Waals surface area (Å²) in [7, 11) is 0. The zero-order chi connectivity index (χ0) is 42.6. The number of rotatable bonds is 13. The van der Waals surface area contributed by atoms with Crippen molar-refractivity contribution < 1.29 is 41.5 Å². The van der Waals surface area contributed by atoms with E-state index in [-0.39, 0.29) is 48.6 Å². The zero-order valence-electron chi connectivity index (χ0n) is 32.1. The third-order valence-electron chi connectivity index (χ3n) is 10.3. The van der Waals surface area contributed by atoms with Gasteiger partial charge in [0.25, 0.3) is 5.91 Å². The number of hydrogen-bond donors (Lipinski definition) is 3. The van der Waals surface area contributed by atoms with Crippen LogP contribution in [0.3, 0.4) is 0 Å². The number of benzene rings is 3. The van der Waals surface area contributed by atoms with Gasteiger partial charge in [0.2, 0.25) is 17.7 Å². The molecule has 0 saturated carbocycles. The van der Waals surface area contributed by atoms with Gasteiger partial charge in [-0.25, -0.2) is 0 Å². The summed E-state index contributed by atoms with van der Waals surface area (Å²) >= 11 is 11.9. The van der Waals surface area contributed by atoms with Crippen molar-refractivity contribution in [2.45, 2.75) is 50.9 Å². The van der Waals surface area contributed by atoms with Gasteiger partial charge in [-0.05, 0) is 92.6 Å². The Kier molecular flexibility index (Phi) is 13.1. The van der Waals surface area contributed by atoms with E-state index in [0.717, 1.165) is 17.0 Å². The molecule has 0 aromatic heterocycles. The van der Waals surface area contributed by atoms with E-state index in [0.29, 0.717) is 72.5 Å². The van der Waals surface area contributed by atoms with E-state index in [2.05, 4.69) is 20.9 Å². The first-order valence-corrected chi connectivity index (χ1v) is 19.5. The number of nitrogens with one attached hydrogen (secondary N) is 3. The molecule has 1 unspecified atom stereocenters. The summed E-state index contributed by atoms with van der Waals surface area (Å²) in [6.45, 7) is 6.03. The molecule has 0 aliphatic carbocycles. The molecule has 13 nitrogen and oxygen atoms in total. The first-order chi connectivity index (χ1) is 28.0. The Morgan fingerprint density at radius 3 is 2.39 bits per heavy atom. The monoisotopic (exact) mass is 856 g/mol. The number of nitrogens with zero attached hydrogens (tertiary/aromatic N) is 5. The van der Waals surface area contributed by atoms with Gasteiger partial charge in [-0.2, -0.15) is 18.4 Å². The maximum atomic E-state index is 13.8. The van der Waals surface area contributed by atoms with E-state index in [1.54, 1.807) is 50.2 Å². The fraction of sp³-hybridized carbons (Fsp3) is 0.400. The second kappa shape index (κ2) is 17.9. The molecule has 4 amide bonds. The highest BCUT2D eigenvalue weighted by atomic mass is 35.5. The van der Waals surface area contributed by atoms with E-state index in [1.807, 2.05) is 4.90 Å². The second-order valence-electron chi connectivity index (χ2n) is 14.8. The molecule has 0 bridgehead atoms. The largest absolute Gasteiger partial charge is 0.492 e. The van der Waals surface area contributed by atoms with Crippen molar-refractivity contribution in [1.82, 2.24) is 15.1 Å². The summed E-state index contributed by atoms with van der Waals surface area (Å²) in [6.07, 6.45) is -4.28. The Balaban J connectivity index is 1.02. The molecule has 0 radical (unpaired) electrons. The number of nitriles is 1. The molecule has 3 aromatic carbocycles. The minimum Gasteiger partial charge on any atom is -0.492 e. The Morgan fingerprint density at radius 2 is 1.71 bits per heavy atom. The van der Waals surface area contributed by atoms with Gasteiger partial charge in [-0.1, -0.05) is 11.6 Å². The van der Waals surface area contributed by atoms with Gasteiger partial charge in [-0.3, -0.25) is 43.6 Å². The van der Waals surface area contributed by atoms with Crippen LogP contribution in [0.2, 0.25) is 5.02 Å². The van der Waals surface area contributed by atoms with Crippen LogP contribution in [0, 0.1) is 11.3 Å². The number of amides is 4. The standard InChI is InChI=1S/C40H41ClF4N8O5S/c1-39(2)37(57)52(29-4-3-25(22-46)31(21-29)40(43,44)45)38(59)53(39)30-5-7-33(24(17-30)9-10-42)58-16-15-50-11-13-51(14-12-50)23-35(55)48-28-19-26(41)18-27(20-28)47-32-6-8-34(54)49-36(32)56/h3-5,7,17-21,32,47H,6,8-16,23H2,1-2H3,(H,48,55)(H,49,54,56). The molecule has 312 valence electrons. The third kappa shape index (κ3) is 9.93. The SMILES string of the molecule is CC1(C)C(=O)N(c2ccc(C#N)c(C(F)(F)F)c2)C(=S)N1c1ccc(OCCN2CCN(CC(=O)Nc3cc(Cl)cc(NC4CCC(=O)NC4=O)c3)CC2)c(CCF)c1. The van der Waals surface area contributed by atoms with Crippen LogP contribution in [0.4, 0.5) is 40.3 Å². The highest BCUT2D eigenvalue weighted by molar-refractivity contribution is 7.81. The first-order valence-electron chi connectivity index (χ1n) is 18.8. The van der Waals surface area contributed by atoms with Crippen molar-refractivity contribution in [3.63, 3.8) is 0 Å². The molecule has 0 spiro atoms. The highest BCUT2D eigenvalue weighted by Gasteiger charge is 2.51. The van der Waals surface area contributed by atoms with Crippen LogP contribution >= 0.6 is 23.8 Å². The van der Waals surface area contributed by atoms with Crippen LogP contribution in [0.5, 0.6) is 5.75 Å². The maximum Gasteiger partial charge on any atom is 0.417 e. The van der Waals surface area contributed by atoms with Crippen molar-refractivity contribution in [3.05, 3.63) is 76.3 Å². The van der Waals surface area contributed by atoms with Gasteiger partial charge < -0.3 is 20.3 Å². The van der Waals surface area contributed by atoms with E-state index < -0.39 is 47.4 Å². The van der Waals surface area contributed by atoms with Crippen LogP contribution in [0.1, 0.15) is 43.4 Å². The summed E-state index contributed by atoms with van der Waals surface area (Å²) in [4.78, 5) is 57.0. The number of piperidine rings is 1. The second-order valence-corrected chi connectivity index (χ2v) is 15.6. The number of anilines is 4. The quantitative estimate of drug-likeness (QED) is 0.114. The highest BCUT2D eigenvalue weighted by Crippen LogP contribution is 2.40. The van der Waals surface area contributed by atoms with E-state index in [9.17, 15) is 42.0 Å². The summed E-state index contributed by atoms with van der Waals surface area (Å²) in [5, 5.41) is 17.7. The number of halogens is 5. The number of imide groups is 1. The number of alkyl halides is 4. The summed E-state index contributed by atoms with van der Waals surface area (Å²) < 4.78 is 61.2. The molecule has 3 fully saturated rings. The van der Waals surface area contributed by atoms with E-state index in [4.69, 9.17) is 28.6 Å². The van der Waals surface area contributed by atoms with Gasteiger partial charge >= 0.3 is 6.18 Å². The average molecular weight is 857 g/mol. The Hall–Kier alpha value is -5.35. The Labute approximate surface area is 348 Å². The number of carbonyl (C=O) groups is 4. The molecule has 3 aromatic rings. The molecule has 1 atom stereocenters.